The lowest BCUT2D eigenvalue weighted by Gasteiger charge is -2.16. The van der Waals surface area contributed by atoms with Crippen molar-refractivity contribution >= 4 is 10.9 Å². The topological polar surface area (TPSA) is 54.7 Å². The third kappa shape index (κ3) is 2.44. The molecule has 1 aliphatic rings. The van der Waals surface area contributed by atoms with Gasteiger partial charge in [-0.3, -0.25) is 0 Å². The number of hydrogen-bond donors (Lipinski definition) is 1. The zero-order chi connectivity index (χ0) is 14.2. The molecular weight excluding hydrogens is 246 g/mol. The SMILES string of the molecule is CC(N)Cc1cccc2ccn(CC3(CC#N)CC3)c12. The molecule has 3 heteroatoms. The van der Waals surface area contributed by atoms with Gasteiger partial charge in [-0.05, 0) is 43.2 Å². The van der Waals surface area contributed by atoms with Crippen LogP contribution in [0.3, 0.4) is 0 Å². The number of aromatic nitrogens is 1. The van der Waals surface area contributed by atoms with E-state index in [4.69, 9.17) is 11.0 Å². The van der Waals surface area contributed by atoms with Crippen molar-refractivity contribution in [1.82, 2.24) is 4.57 Å². The Labute approximate surface area is 120 Å². The van der Waals surface area contributed by atoms with Crippen LogP contribution in [-0.4, -0.2) is 10.6 Å². The van der Waals surface area contributed by atoms with Gasteiger partial charge in [-0.15, -0.1) is 0 Å². The lowest BCUT2D eigenvalue weighted by molar-refractivity contribution is 0.439. The fourth-order valence-corrected chi connectivity index (χ4v) is 3.08. The van der Waals surface area contributed by atoms with E-state index in [0.29, 0.717) is 6.42 Å². The Morgan fingerprint density at radius 2 is 2.20 bits per heavy atom. The number of rotatable bonds is 5. The van der Waals surface area contributed by atoms with Crippen LogP contribution in [0, 0.1) is 16.7 Å². The number of nitrogens with zero attached hydrogens (tertiary/aromatic N) is 2. The molecule has 1 unspecified atom stereocenters. The Kier molecular flexibility index (Phi) is 3.27. The van der Waals surface area contributed by atoms with E-state index < -0.39 is 0 Å². The quantitative estimate of drug-likeness (QED) is 0.904. The number of benzene rings is 1. The first-order valence-corrected chi connectivity index (χ1v) is 7.33. The number of nitrogens with two attached hydrogens (primary N) is 1. The molecule has 0 bridgehead atoms. The van der Waals surface area contributed by atoms with Crippen molar-refractivity contribution in [3.05, 3.63) is 36.0 Å². The summed E-state index contributed by atoms with van der Waals surface area (Å²) in [6.07, 6.45) is 6.08. The van der Waals surface area contributed by atoms with Crippen LogP contribution in [0.1, 0.15) is 31.7 Å². The molecule has 0 amide bonds. The normalized spacial score (nSPS) is 17.9. The van der Waals surface area contributed by atoms with Gasteiger partial charge in [0, 0.05) is 30.6 Å². The average Bonchev–Trinajstić information content (AvgIpc) is 3.02. The van der Waals surface area contributed by atoms with E-state index in [2.05, 4.69) is 41.1 Å². The van der Waals surface area contributed by atoms with E-state index in [9.17, 15) is 0 Å². The minimum absolute atomic E-state index is 0.165. The zero-order valence-corrected chi connectivity index (χ0v) is 12.0. The maximum Gasteiger partial charge on any atom is 0.0628 e. The van der Waals surface area contributed by atoms with Crippen LogP contribution in [0.2, 0.25) is 0 Å². The Balaban J connectivity index is 1.97. The van der Waals surface area contributed by atoms with Crippen molar-refractivity contribution in [2.45, 2.75) is 45.2 Å². The summed E-state index contributed by atoms with van der Waals surface area (Å²) in [7, 11) is 0. The van der Waals surface area contributed by atoms with Gasteiger partial charge in [0.1, 0.15) is 0 Å². The van der Waals surface area contributed by atoms with Crippen molar-refractivity contribution in [2.75, 3.05) is 0 Å². The summed E-state index contributed by atoms with van der Waals surface area (Å²) in [4.78, 5) is 0. The molecule has 1 aromatic heterocycles. The first-order valence-electron chi connectivity index (χ1n) is 7.33. The molecule has 1 aliphatic carbocycles. The van der Waals surface area contributed by atoms with E-state index in [1.54, 1.807) is 0 Å². The number of nitriles is 1. The first-order chi connectivity index (χ1) is 9.63. The van der Waals surface area contributed by atoms with Gasteiger partial charge < -0.3 is 10.3 Å². The highest BCUT2D eigenvalue weighted by Gasteiger charge is 2.42. The van der Waals surface area contributed by atoms with Crippen molar-refractivity contribution in [1.29, 1.82) is 5.26 Å². The fraction of sp³-hybridized carbons (Fsp3) is 0.471. The third-order valence-corrected chi connectivity index (χ3v) is 4.33. The van der Waals surface area contributed by atoms with Crippen LogP contribution < -0.4 is 5.73 Å². The smallest absolute Gasteiger partial charge is 0.0628 e. The summed E-state index contributed by atoms with van der Waals surface area (Å²) in [5.74, 6) is 0. The second-order valence-corrected chi connectivity index (χ2v) is 6.31. The van der Waals surface area contributed by atoms with E-state index in [1.165, 1.54) is 29.3 Å². The van der Waals surface area contributed by atoms with Crippen LogP contribution in [-0.2, 0) is 13.0 Å². The molecule has 1 aromatic carbocycles. The predicted molar refractivity (Wildman–Crippen MR) is 81.2 cm³/mol. The average molecular weight is 267 g/mol. The molecule has 1 heterocycles. The predicted octanol–water partition coefficient (Wildman–Crippen LogP) is 3.22. The molecule has 20 heavy (non-hydrogen) atoms. The molecule has 3 rings (SSSR count). The molecule has 0 radical (unpaired) electrons. The van der Waals surface area contributed by atoms with Gasteiger partial charge in [-0.2, -0.15) is 5.26 Å². The first kappa shape index (κ1) is 13.2. The second-order valence-electron chi connectivity index (χ2n) is 6.31. The lowest BCUT2D eigenvalue weighted by atomic mass is 10.0. The highest BCUT2D eigenvalue weighted by atomic mass is 15.0. The summed E-state index contributed by atoms with van der Waals surface area (Å²) in [6, 6.07) is 11.1. The number of hydrogen-bond acceptors (Lipinski definition) is 2. The van der Waals surface area contributed by atoms with Crippen molar-refractivity contribution < 1.29 is 0 Å². The largest absolute Gasteiger partial charge is 0.347 e. The monoisotopic (exact) mass is 267 g/mol. The second kappa shape index (κ2) is 4.96. The highest BCUT2D eigenvalue weighted by Crippen LogP contribution is 2.50. The summed E-state index contributed by atoms with van der Waals surface area (Å²) >= 11 is 0. The van der Waals surface area contributed by atoms with Gasteiger partial charge in [0.05, 0.1) is 11.6 Å². The fourth-order valence-electron chi connectivity index (χ4n) is 3.08. The van der Waals surface area contributed by atoms with Crippen LogP contribution in [0.5, 0.6) is 0 Å². The van der Waals surface area contributed by atoms with E-state index >= 15 is 0 Å². The Morgan fingerprint density at radius 3 is 2.85 bits per heavy atom. The molecule has 1 saturated carbocycles. The van der Waals surface area contributed by atoms with E-state index in [-0.39, 0.29) is 11.5 Å². The van der Waals surface area contributed by atoms with Gasteiger partial charge >= 0.3 is 0 Å². The van der Waals surface area contributed by atoms with Crippen molar-refractivity contribution in [3.63, 3.8) is 0 Å². The van der Waals surface area contributed by atoms with Gasteiger partial charge in [0.25, 0.3) is 0 Å². The molecule has 1 fully saturated rings. The number of para-hydroxylation sites is 1. The lowest BCUT2D eigenvalue weighted by Crippen LogP contribution is -2.18. The van der Waals surface area contributed by atoms with Crippen molar-refractivity contribution in [3.8, 4) is 6.07 Å². The van der Waals surface area contributed by atoms with Crippen LogP contribution in [0.25, 0.3) is 10.9 Å². The summed E-state index contributed by atoms with van der Waals surface area (Å²) < 4.78 is 2.33. The van der Waals surface area contributed by atoms with Crippen LogP contribution >= 0.6 is 0 Å². The highest BCUT2D eigenvalue weighted by molar-refractivity contribution is 5.83. The summed E-state index contributed by atoms with van der Waals surface area (Å²) in [5, 5.41) is 10.3. The van der Waals surface area contributed by atoms with Gasteiger partial charge in [0.2, 0.25) is 0 Å². The Morgan fingerprint density at radius 1 is 1.40 bits per heavy atom. The van der Waals surface area contributed by atoms with Gasteiger partial charge in [0.15, 0.2) is 0 Å². The molecule has 3 nitrogen and oxygen atoms in total. The summed E-state index contributed by atoms with van der Waals surface area (Å²) in [6.45, 7) is 3.00. The van der Waals surface area contributed by atoms with E-state index in [0.717, 1.165) is 13.0 Å². The molecule has 0 spiro atoms. The van der Waals surface area contributed by atoms with Crippen LogP contribution in [0.15, 0.2) is 30.5 Å². The molecule has 1 atom stereocenters. The minimum atomic E-state index is 0.165. The van der Waals surface area contributed by atoms with Crippen LogP contribution in [0.4, 0.5) is 0 Å². The molecule has 104 valence electrons. The third-order valence-electron chi connectivity index (χ3n) is 4.33. The molecular formula is C17H21N3. The maximum atomic E-state index is 8.98. The minimum Gasteiger partial charge on any atom is -0.347 e. The van der Waals surface area contributed by atoms with Gasteiger partial charge in [-0.1, -0.05) is 18.2 Å². The van der Waals surface area contributed by atoms with Gasteiger partial charge in [-0.25, -0.2) is 0 Å². The Bertz CT molecular complexity index is 656. The van der Waals surface area contributed by atoms with E-state index in [1.807, 2.05) is 6.92 Å². The molecule has 0 aliphatic heterocycles. The molecule has 0 saturated heterocycles. The maximum absolute atomic E-state index is 8.98. The van der Waals surface area contributed by atoms with Crippen molar-refractivity contribution in [2.24, 2.45) is 11.1 Å². The zero-order valence-electron chi connectivity index (χ0n) is 12.0. The Hall–Kier alpha value is -1.79. The molecule has 2 N–H and O–H groups in total. The standard InChI is InChI=1S/C17H21N3/c1-13(19)11-15-4-2-3-14-5-10-20(16(14)15)12-17(6-7-17)8-9-18/h2-5,10,13H,6-8,11-12,19H2,1H3. The summed E-state index contributed by atoms with van der Waals surface area (Å²) in [5.41, 5.74) is 8.81. The molecule has 2 aromatic rings. The number of fused-ring (bicyclic) bond motifs is 1.